The summed E-state index contributed by atoms with van der Waals surface area (Å²) in [6.45, 7) is 3.35. The SMILES string of the molecule is Cc1ncncc1C(=O)NCC1CCN(S(C)(=O)=O)CC1. The maximum absolute atomic E-state index is 12.0. The van der Waals surface area contributed by atoms with Crippen LogP contribution in [0.5, 0.6) is 0 Å². The summed E-state index contributed by atoms with van der Waals surface area (Å²) in [5, 5.41) is 2.88. The molecule has 116 valence electrons. The molecule has 7 nitrogen and oxygen atoms in total. The van der Waals surface area contributed by atoms with Crippen molar-refractivity contribution in [2.24, 2.45) is 5.92 Å². The largest absolute Gasteiger partial charge is 0.352 e. The van der Waals surface area contributed by atoms with Crippen LogP contribution in [0.2, 0.25) is 0 Å². The lowest BCUT2D eigenvalue weighted by molar-refractivity contribution is 0.0940. The Labute approximate surface area is 124 Å². The first-order chi connectivity index (χ1) is 9.88. The number of hydrogen-bond acceptors (Lipinski definition) is 5. The minimum absolute atomic E-state index is 0.182. The van der Waals surface area contributed by atoms with Crippen LogP contribution in [0.15, 0.2) is 12.5 Å². The van der Waals surface area contributed by atoms with E-state index in [1.807, 2.05) is 0 Å². The molecule has 2 heterocycles. The normalized spacial score (nSPS) is 17.6. The van der Waals surface area contributed by atoms with Crippen molar-refractivity contribution in [3.8, 4) is 0 Å². The third kappa shape index (κ3) is 4.21. The van der Waals surface area contributed by atoms with Crippen LogP contribution in [0.3, 0.4) is 0 Å². The summed E-state index contributed by atoms with van der Waals surface area (Å²) in [7, 11) is -3.10. The minimum atomic E-state index is -3.10. The zero-order chi connectivity index (χ0) is 15.5. The van der Waals surface area contributed by atoms with Crippen LogP contribution in [0.4, 0.5) is 0 Å². The van der Waals surface area contributed by atoms with Gasteiger partial charge in [0.15, 0.2) is 0 Å². The first-order valence-corrected chi connectivity index (χ1v) is 8.72. The summed E-state index contributed by atoms with van der Waals surface area (Å²) in [5.74, 6) is 0.121. The summed E-state index contributed by atoms with van der Waals surface area (Å²) in [4.78, 5) is 19.9. The number of aromatic nitrogens is 2. The van der Waals surface area contributed by atoms with E-state index in [1.54, 1.807) is 6.92 Å². The third-order valence-corrected chi connectivity index (χ3v) is 5.05. The van der Waals surface area contributed by atoms with Crippen molar-refractivity contribution in [2.45, 2.75) is 19.8 Å². The number of nitrogens with zero attached hydrogens (tertiary/aromatic N) is 3. The van der Waals surface area contributed by atoms with E-state index in [9.17, 15) is 13.2 Å². The van der Waals surface area contributed by atoms with Crippen molar-refractivity contribution in [3.05, 3.63) is 23.8 Å². The smallest absolute Gasteiger partial charge is 0.254 e. The second-order valence-electron chi connectivity index (χ2n) is 5.34. The molecule has 0 saturated carbocycles. The topological polar surface area (TPSA) is 92.3 Å². The second-order valence-corrected chi connectivity index (χ2v) is 7.32. The molecule has 0 atom stereocenters. The molecule has 1 N–H and O–H groups in total. The van der Waals surface area contributed by atoms with Gasteiger partial charge in [-0.15, -0.1) is 0 Å². The number of sulfonamides is 1. The van der Waals surface area contributed by atoms with Crippen molar-refractivity contribution in [1.82, 2.24) is 19.6 Å². The van der Waals surface area contributed by atoms with Crippen LogP contribution < -0.4 is 5.32 Å². The number of carbonyl (C=O) groups is 1. The Balaban J connectivity index is 1.83. The fourth-order valence-electron chi connectivity index (χ4n) is 2.39. The highest BCUT2D eigenvalue weighted by molar-refractivity contribution is 7.88. The minimum Gasteiger partial charge on any atom is -0.352 e. The highest BCUT2D eigenvalue weighted by Crippen LogP contribution is 2.18. The van der Waals surface area contributed by atoms with Crippen LogP contribution in [-0.4, -0.2) is 54.5 Å². The van der Waals surface area contributed by atoms with Gasteiger partial charge in [-0.25, -0.2) is 22.7 Å². The summed E-state index contributed by atoms with van der Waals surface area (Å²) in [6, 6.07) is 0. The molecule has 8 heteroatoms. The van der Waals surface area contributed by atoms with Gasteiger partial charge in [-0.3, -0.25) is 4.79 Å². The molecule has 1 saturated heterocycles. The fraction of sp³-hybridized carbons (Fsp3) is 0.615. The van der Waals surface area contributed by atoms with Crippen molar-refractivity contribution >= 4 is 15.9 Å². The van der Waals surface area contributed by atoms with Crippen LogP contribution in [-0.2, 0) is 10.0 Å². The number of rotatable bonds is 4. The molecule has 1 aromatic heterocycles. The number of piperidine rings is 1. The maximum atomic E-state index is 12.0. The van der Waals surface area contributed by atoms with Gasteiger partial charge in [-0.1, -0.05) is 0 Å². The summed E-state index contributed by atoms with van der Waals surface area (Å²) < 4.78 is 24.3. The maximum Gasteiger partial charge on any atom is 0.254 e. The molecule has 0 radical (unpaired) electrons. The van der Waals surface area contributed by atoms with Crippen molar-refractivity contribution in [2.75, 3.05) is 25.9 Å². The van der Waals surface area contributed by atoms with E-state index in [2.05, 4.69) is 15.3 Å². The van der Waals surface area contributed by atoms with Gasteiger partial charge in [0.1, 0.15) is 6.33 Å². The standard InChI is InChI=1S/C13H20N4O3S/c1-10-12(8-14-9-16-10)13(18)15-7-11-3-5-17(6-4-11)21(2,19)20/h8-9,11H,3-7H2,1-2H3,(H,15,18). The number of amides is 1. The van der Waals surface area contributed by atoms with Crippen LogP contribution in [0.25, 0.3) is 0 Å². The molecule has 1 aromatic rings. The monoisotopic (exact) mass is 312 g/mol. The molecule has 0 bridgehead atoms. The molecule has 21 heavy (non-hydrogen) atoms. The average Bonchev–Trinajstić information content (AvgIpc) is 2.45. The van der Waals surface area contributed by atoms with Crippen LogP contribution >= 0.6 is 0 Å². The Morgan fingerprint density at radius 1 is 1.43 bits per heavy atom. The average molecular weight is 312 g/mol. The zero-order valence-electron chi connectivity index (χ0n) is 12.2. The lowest BCUT2D eigenvalue weighted by atomic mass is 9.98. The van der Waals surface area contributed by atoms with Crippen molar-refractivity contribution in [3.63, 3.8) is 0 Å². The van der Waals surface area contributed by atoms with Crippen LogP contribution in [0.1, 0.15) is 28.9 Å². The zero-order valence-corrected chi connectivity index (χ0v) is 13.1. The molecule has 0 aliphatic carbocycles. The van der Waals surface area contributed by atoms with Gasteiger partial charge in [-0.05, 0) is 25.7 Å². The molecule has 1 fully saturated rings. The van der Waals surface area contributed by atoms with E-state index >= 15 is 0 Å². The highest BCUT2D eigenvalue weighted by Gasteiger charge is 2.25. The predicted molar refractivity (Wildman–Crippen MR) is 78.2 cm³/mol. The highest BCUT2D eigenvalue weighted by atomic mass is 32.2. The van der Waals surface area contributed by atoms with E-state index < -0.39 is 10.0 Å². The molecular weight excluding hydrogens is 292 g/mol. The molecule has 0 aromatic carbocycles. The summed E-state index contributed by atoms with van der Waals surface area (Å²) in [5.41, 5.74) is 1.13. The van der Waals surface area contributed by atoms with E-state index in [4.69, 9.17) is 0 Å². The van der Waals surface area contributed by atoms with Crippen LogP contribution in [0, 0.1) is 12.8 Å². The van der Waals surface area contributed by atoms with Gasteiger partial charge in [0, 0.05) is 25.8 Å². The van der Waals surface area contributed by atoms with E-state index in [1.165, 1.54) is 23.1 Å². The lowest BCUT2D eigenvalue weighted by Crippen LogP contribution is -2.41. The first-order valence-electron chi connectivity index (χ1n) is 6.88. The summed E-state index contributed by atoms with van der Waals surface area (Å²) >= 11 is 0. The fourth-order valence-corrected chi connectivity index (χ4v) is 3.27. The molecule has 0 spiro atoms. The lowest BCUT2D eigenvalue weighted by Gasteiger charge is -2.30. The molecule has 2 rings (SSSR count). The number of carbonyl (C=O) groups excluding carboxylic acids is 1. The van der Waals surface area contributed by atoms with Gasteiger partial charge in [0.25, 0.3) is 5.91 Å². The number of nitrogens with one attached hydrogen (secondary N) is 1. The molecule has 1 amide bonds. The van der Waals surface area contributed by atoms with Gasteiger partial charge in [-0.2, -0.15) is 0 Å². The Bertz CT molecular complexity index is 610. The number of hydrogen-bond donors (Lipinski definition) is 1. The third-order valence-electron chi connectivity index (χ3n) is 3.75. The first kappa shape index (κ1) is 15.8. The predicted octanol–water partition coefficient (Wildman–Crippen LogP) is 0.186. The Morgan fingerprint density at radius 2 is 2.10 bits per heavy atom. The quantitative estimate of drug-likeness (QED) is 0.856. The van der Waals surface area contributed by atoms with Gasteiger partial charge in [0.05, 0.1) is 17.5 Å². The van der Waals surface area contributed by atoms with E-state index in [0.717, 1.165) is 12.8 Å². The molecular formula is C13H20N4O3S. The number of aryl methyl sites for hydroxylation is 1. The van der Waals surface area contributed by atoms with E-state index in [0.29, 0.717) is 36.8 Å². The Hall–Kier alpha value is -1.54. The van der Waals surface area contributed by atoms with Crippen molar-refractivity contribution < 1.29 is 13.2 Å². The van der Waals surface area contributed by atoms with Gasteiger partial charge >= 0.3 is 0 Å². The summed E-state index contributed by atoms with van der Waals surface area (Å²) in [6.07, 6.45) is 5.67. The van der Waals surface area contributed by atoms with Gasteiger partial charge in [0.2, 0.25) is 10.0 Å². The molecule has 0 unspecified atom stereocenters. The second kappa shape index (κ2) is 6.48. The Morgan fingerprint density at radius 3 is 2.67 bits per heavy atom. The van der Waals surface area contributed by atoms with Gasteiger partial charge < -0.3 is 5.32 Å². The van der Waals surface area contributed by atoms with E-state index in [-0.39, 0.29) is 5.91 Å². The molecule has 1 aliphatic rings. The Kier molecular flexibility index (Phi) is 4.89. The van der Waals surface area contributed by atoms with Crippen molar-refractivity contribution in [1.29, 1.82) is 0 Å². The molecule has 1 aliphatic heterocycles.